The molecule has 11 heteroatoms. The molecule has 2 heterocycles. The molecule has 0 unspecified atom stereocenters. The van der Waals surface area contributed by atoms with Gasteiger partial charge in [-0.25, -0.2) is 22.5 Å². The van der Waals surface area contributed by atoms with Crippen LogP contribution in [0.4, 0.5) is 16.2 Å². The first-order chi connectivity index (χ1) is 13.9. The summed E-state index contributed by atoms with van der Waals surface area (Å²) in [4.78, 5) is 10.8. The van der Waals surface area contributed by atoms with Crippen LogP contribution in [-0.4, -0.2) is 64.9 Å². The molecule has 0 spiro atoms. The van der Waals surface area contributed by atoms with Gasteiger partial charge in [0.1, 0.15) is 5.82 Å². The van der Waals surface area contributed by atoms with Gasteiger partial charge in [-0.1, -0.05) is 0 Å². The van der Waals surface area contributed by atoms with E-state index in [0.717, 1.165) is 30.7 Å². The molecule has 1 fully saturated rings. The Labute approximate surface area is 169 Å². The maximum Gasteiger partial charge on any atom is 0.240 e. The second-order valence-corrected chi connectivity index (χ2v) is 8.18. The van der Waals surface area contributed by atoms with Gasteiger partial charge in [-0.2, -0.15) is 4.98 Å². The number of nitrogens with one attached hydrogen (secondary N) is 2. The second-order valence-electron chi connectivity index (χ2n) is 6.41. The summed E-state index contributed by atoms with van der Waals surface area (Å²) in [6.45, 7) is 5.04. The van der Waals surface area contributed by atoms with Crippen LogP contribution in [0.25, 0.3) is 0 Å². The zero-order valence-electron chi connectivity index (χ0n) is 16.3. The number of aromatic nitrogens is 2. The molecule has 0 atom stereocenters. The van der Waals surface area contributed by atoms with Crippen molar-refractivity contribution < 1.29 is 22.3 Å². The van der Waals surface area contributed by atoms with Crippen molar-refractivity contribution in [2.45, 2.75) is 11.8 Å². The highest BCUT2D eigenvalue weighted by Gasteiger charge is 2.17. The fourth-order valence-corrected chi connectivity index (χ4v) is 3.89. The van der Waals surface area contributed by atoms with E-state index in [-0.39, 0.29) is 23.7 Å². The van der Waals surface area contributed by atoms with E-state index in [4.69, 9.17) is 9.47 Å². The number of hydrogen-bond acceptors (Lipinski definition) is 8. The maximum atomic E-state index is 13.8. The van der Waals surface area contributed by atoms with E-state index >= 15 is 0 Å². The van der Waals surface area contributed by atoms with Crippen molar-refractivity contribution in [2.75, 3.05) is 56.7 Å². The Bertz CT molecular complexity index is 951. The molecule has 3 rings (SSSR count). The third kappa shape index (κ3) is 5.52. The highest BCUT2D eigenvalue weighted by Crippen LogP contribution is 2.20. The predicted octanol–water partition coefficient (Wildman–Crippen LogP) is 1.16. The van der Waals surface area contributed by atoms with E-state index in [1.54, 1.807) is 0 Å². The summed E-state index contributed by atoms with van der Waals surface area (Å²) in [5.74, 6) is 0.467. The van der Waals surface area contributed by atoms with Crippen LogP contribution >= 0.6 is 0 Å². The molecular weight excluding hydrogens is 401 g/mol. The van der Waals surface area contributed by atoms with Gasteiger partial charge in [0.25, 0.3) is 0 Å². The lowest BCUT2D eigenvalue weighted by Crippen LogP contribution is -2.37. The van der Waals surface area contributed by atoms with Crippen molar-refractivity contribution >= 4 is 21.8 Å². The van der Waals surface area contributed by atoms with Crippen molar-refractivity contribution in [1.82, 2.24) is 14.7 Å². The van der Waals surface area contributed by atoms with E-state index in [1.807, 2.05) is 13.0 Å². The van der Waals surface area contributed by atoms with Crippen LogP contribution in [0.3, 0.4) is 0 Å². The number of nitrogens with zero attached hydrogens (tertiary/aromatic N) is 3. The van der Waals surface area contributed by atoms with Gasteiger partial charge in [-0.15, -0.1) is 0 Å². The smallest absolute Gasteiger partial charge is 0.240 e. The fourth-order valence-electron chi connectivity index (χ4n) is 2.84. The van der Waals surface area contributed by atoms with Crippen molar-refractivity contribution in [3.05, 3.63) is 35.8 Å². The molecular formula is C18H24FN5O4S. The van der Waals surface area contributed by atoms with Gasteiger partial charge in [0.05, 0.1) is 25.2 Å². The molecule has 0 amide bonds. The monoisotopic (exact) mass is 425 g/mol. The van der Waals surface area contributed by atoms with Crippen LogP contribution in [0.1, 0.15) is 5.69 Å². The lowest BCUT2D eigenvalue weighted by Gasteiger charge is -2.28. The maximum absolute atomic E-state index is 13.8. The van der Waals surface area contributed by atoms with Crippen molar-refractivity contribution in [3.8, 4) is 5.75 Å². The summed E-state index contributed by atoms with van der Waals surface area (Å²) in [6.07, 6.45) is 0. The summed E-state index contributed by atoms with van der Waals surface area (Å²) >= 11 is 0. The zero-order chi connectivity index (χ0) is 20.9. The van der Waals surface area contributed by atoms with Crippen LogP contribution in [0.5, 0.6) is 5.75 Å². The van der Waals surface area contributed by atoms with Crippen molar-refractivity contribution in [2.24, 2.45) is 0 Å². The molecule has 1 saturated heterocycles. The normalized spacial score (nSPS) is 14.7. The average molecular weight is 425 g/mol. The van der Waals surface area contributed by atoms with Crippen molar-refractivity contribution in [3.63, 3.8) is 0 Å². The molecule has 0 saturated carbocycles. The lowest BCUT2D eigenvalue weighted by atomic mass is 10.3. The molecule has 158 valence electrons. The minimum Gasteiger partial charge on any atom is -0.494 e. The van der Waals surface area contributed by atoms with Crippen molar-refractivity contribution in [1.29, 1.82) is 0 Å². The molecule has 1 aromatic heterocycles. The SMILES string of the molecule is COc1ccc(S(=O)(=O)NCCNc2nc(C)cc(N3CCOCC3)n2)cc1F. The number of benzene rings is 1. The number of aryl methyl sites for hydroxylation is 1. The van der Waals surface area contributed by atoms with Crippen LogP contribution in [0.15, 0.2) is 29.2 Å². The van der Waals surface area contributed by atoms with Gasteiger partial charge in [0, 0.05) is 37.9 Å². The van der Waals surface area contributed by atoms with Gasteiger partial charge >= 0.3 is 0 Å². The number of hydrogen-bond donors (Lipinski definition) is 2. The molecule has 1 aliphatic rings. The summed E-state index contributed by atoms with van der Waals surface area (Å²) in [5.41, 5.74) is 0.804. The van der Waals surface area contributed by atoms with Gasteiger partial charge < -0.3 is 19.7 Å². The quantitative estimate of drug-likeness (QED) is 0.607. The van der Waals surface area contributed by atoms with E-state index in [9.17, 15) is 12.8 Å². The molecule has 0 radical (unpaired) electrons. The molecule has 0 bridgehead atoms. The third-order valence-corrected chi connectivity index (χ3v) is 5.77. The average Bonchev–Trinajstić information content (AvgIpc) is 2.71. The molecule has 1 aromatic carbocycles. The highest BCUT2D eigenvalue weighted by molar-refractivity contribution is 7.89. The first kappa shape index (κ1) is 21.2. The number of sulfonamides is 1. The predicted molar refractivity (Wildman–Crippen MR) is 106 cm³/mol. The summed E-state index contributed by atoms with van der Waals surface area (Å²) < 4.78 is 51.0. The van der Waals surface area contributed by atoms with Gasteiger partial charge in [-0.3, -0.25) is 0 Å². The van der Waals surface area contributed by atoms with Gasteiger partial charge in [-0.05, 0) is 25.1 Å². The van der Waals surface area contributed by atoms with E-state index in [0.29, 0.717) is 19.2 Å². The first-order valence-electron chi connectivity index (χ1n) is 9.14. The van der Waals surface area contributed by atoms with Crippen LogP contribution in [0.2, 0.25) is 0 Å². The summed E-state index contributed by atoms with van der Waals surface area (Å²) in [7, 11) is -2.53. The van der Waals surface area contributed by atoms with E-state index in [1.165, 1.54) is 19.2 Å². The number of rotatable bonds is 8. The van der Waals surface area contributed by atoms with Crippen LogP contribution in [0, 0.1) is 12.7 Å². The molecule has 2 aromatic rings. The summed E-state index contributed by atoms with van der Waals surface area (Å²) in [5, 5.41) is 3.02. The minimum atomic E-state index is -3.84. The second kappa shape index (κ2) is 9.33. The topological polar surface area (TPSA) is 106 Å². The number of halogens is 1. The number of anilines is 2. The highest BCUT2D eigenvalue weighted by atomic mass is 32.2. The molecule has 0 aliphatic carbocycles. The van der Waals surface area contributed by atoms with Crippen LogP contribution in [-0.2, 0) is 14.8 Å². The Kier molecular flexibility index (Phi) is 6.83. The minimum absolute atomic E-state index is 0.0155. The first-order valence-corrected chi connectivity index (χ1v) is 10.6. The number of morpholine rings is 1. The van der Waals surface area contributed by atoms with E-state index in [2.05, 4.69) is 24.9 Å². The third-order valence-electron chi connectivity index (χ3n) is 4.31. The fraction of sp³-hybridized carbons (Fsp3) is 0.444. The Hall–Kier alpha value is -2.50. The lowest BCUT2D eigenvalue weighted by molar-refractivity contribution is 0.122. The standard InChI is InChI=1S/C18H24FN5O4S/c1-13-11-17(24-7-9-28-10-8-24)23-18(22-13)20-5-6-21-29(25,26)14-3-4-16(27-2)15(19)12-14/h3-4,11-12,21H,5-10H2,1-2H3,(H,20,22,23). The molecule has 9 nitrogen and oxygen atoms in total. The van der Waals surface area contributed by atoms with Gasteiger partial charge in [0.15, 0.2) is 11.6 Å². The Morgan fingerprint density at radius 2 is 1.97 bits per heavy atom. The summed E-state index contributed by atoms with van der Waals surface area (Å²) in [6, 6.07) is 5.39. The zero-order valence-corrected chi connectivity index (χ0v) is 17.1. The molecule has 1 aliphatic heterocycles. The molecule has 29 heavy (non-hydrogen) atoms. The largest absolute Gasteiger partial charge is 0.494 e. The Morgan fingerprint density at radius 1 is 1.21 bits per heavy atom. The van der Waals surface area contributed by atoms with Crippen LogP contribution < -0.4 is 19.7 Å². The number of ether oxygens (including phenoxy) is 2. The molecule has 2 N–H and O–H groups in total. The Balaban J connectivity index is 1.57. The van der Waals surface area contributed by atoms with E-state index < -0.39 is 15.8 Å². The number of methoxy groups -OCH3 is 1. The van der Waals surface area contributed by atoms with Gasteiger partial charge in [0.2, 0.25) is 16.0 Å². The Morgan fingerprint density at radius 3 is 2.66 bits per heavy atom.